The lowest BCUT2D eigenvalue weighted by atomic mass is 9.96. The number of nitrogens with zero attached hydrogens (tertiary/aromatic N) is 6. The zero-order valence-electron chi connectivity index (χ0n) is 41.0. The SMILES string of the molecule is COC(=O)NC(C(=O)N1[C@@H]2C[C@@H]2C[C@H]1c1ncc(-c2ccc3c(c2)CC2c4c(F)cc(-c5cnc([C@@H]6CCCN6C(=O)[C@@H](NC(=O)OC)C(C)C)[nH]5)cc4OC(c4cnc(C(C)(C)C)s4)N32)[nH]1)C(C)C. The van der Waals surface area contributed by atoms with Gasteiger partial charge >= 0.3 is 12.2 Å². The van der Waals surface area contributed by atoms with Crippen LogP contribution in [-0.2, 0) is 30.9 Å². The molecule has 3 unspecified atom stereocenters. The maximum atomic E-state index is 17.0. The van der Waals surface area contributed by atoms with Crippen LogP contribution in [0.3, 0.4) is 0 Å². The van der Waals surface area contributed by atoms with Gasteiger partial charge in [0.05, 0.1) is 71.6 Å². The first-order valence-corrected chi connectivity index (χ1v) is 25.0. The number of ether oxygens (including phenoxy) is 3. The lowest BCUT2D eigenvalue weighted by molar-refractivity contribution is -0.137. The van der Waals surface area contributed by atoms with Crippen molar-refractivity contribution >= 4 is 41.0 Å². The third-order valence-electron chi connectivity index (χ3n) is 14.6. The number of methoxy groups -OCH3 is 2. The number of fused-ring (bicyclic) bond motifs is 6. The smallest absolute Gasteiger partial charge is 0.407 e. The number of anilines is 1. The van der Waals surface area contributed by atoms with Crippen LogP contribution in [0.5, 0.6) is 5.75 Å². The minimum atomic E-state index is -0.772. The molecule has 17 nitrogen and oxygen atoms in total. The molecule has 0 spiro atoms. The number of halogens is 1. The molecule has 4 amide bonds. The van der Waals surface area contributed by atoms with E-state index in [-0.39, 0.29) is 47.2 Å². The Hall–Kier alpha value is -6.50. The fourth-order valence-corrected chi connectivity index (χ4v) is 11.8. The van der Waals surface area contributed by atoms with Crippen molar-refractivity contribution in [2.24, 2.45) is 17.8 Å². The molecule has 5 aliphatic rings. The number of benzene rings is 2. The number of amides is 4. The molecule has 7 heterocycles. The van der Waals surface area contributed by atoms with Gasteiger partial charge < -0.3 is 49.5 Å². The first-order chi connectivity index (χ1) is 33.4. The molecule has 0 bridgehead atoms. The van der Waals surface area contributed by atoms with Crippen LogP contribution >= 0.6 is 11.3 Å². The molecule has 2 aromatic carbocycles. The number of nitrogens with one attached hydrogen (secondary N) is 4. The molecule has 19 heteroatoms. The monoisotopic (exact) mass is 976 g/mol. The predicted octanol–water partition coefficient (Wildman–Crippen LogP) is 8.64. The summed E-state index contributed by atoms with van der Waals surface area (Å²) in [6.07, 6.45) is 7.10. The zero-order chi connectivity index (χ0) is 49.5. The number of alkyl carbamates (subject to hydrolysis) is 2. The number of hydrogen-bond acceptors (Lipinski definition) is 12. The Bertz CT molecular complexity index is 2850. The molecule has 70 heavy (non-hydrogen) atoms. The summed E-state index contributed by atoms with van der Waals surface area (Å²) < 4.78 is 33.6. The maximum absolute atomic E-state index is 17.0. The number of imidazole rings is 2. The van der Waals surface area contributed by atoms with Crippen molar-refractivity contribution in [2.75, 3.05) is 25.7 Å². The van der Waals surface area contributed by atoms with Crippen molar-refractivity contribution < 1.29 is 37.8 Å². The minimum absolute atomic E-state index is 0.107. The number of hydrogen-bond donors (Lipinski definition) is 4. The quantitative estimate of drug-likeness (QED) is 0.0988. The van der Waals surface area contributed by atoms with E-state index in [2.05, 4.69) is 58.4 Å². The van der Waals surface area contributed by atoms with E-state index in [9.17, 15) is 19.2 Å². The van der Waals surface area contributed by atoms with Gasteiger partial charge in [-0.05, 0) is 85.3 Å². The Kier molecular flexibility index (Phi) is 12.2. The van der Waals surface area contributed by atoms with Crippen LogP contribution in [0.1, 0.15) is 131 Å². The molecule has 4 aliphatic heterocycles. The minimum Gasteiger partial charge on any atom is -0.465 e. The number of carbonyl (C=O) groups excluding carboxylic acids is 4. The topological polar surface area (TPSA) is 200 Å². The first kappa shape index (κ1) is 47.2. The summed E-state index contributed by atoms with van der Waals surface area (Å²) in [6.45, 7) is 14.4. The Labute approximate surface area is 410 Å². The van der Waals surface area contributed by atoms with Crippen LogP contribution < -0.4 is 20.3 Å². The van der Waals surface area contributed by atoms with E-state index in [1.807, 2.05) is 50.9 Å². The Morgan fingerprint density at radius 3 is 2.13 bits per heavy atom. The van der Waals surface area contributed by atoms with Gasteiger partial charge in [-0.1, -0.05) is 54.5 Å². The lowest BCUT2D eigenvalue weighted by Gasteiger charge is -2.40. The van der Waals surface area contributed by atoms with Crippen LogP contribution in [0.25, 0.3) is 22.5 Å². The standard InChI is InChI=1S/C51H61FN10O7S/c1-24(2)41(58-49(65)67-8)45(63)60-14-10-11-34(60)43-53-22-32(57-43)27-16-30(52)40-36-18-28-15-26(12-13-33(28)62(36)47(69-38(40)20-27)39-23-55-48(70-39)51(5,6)7)31-21-54-44(56-31)37-19-29-17-35(29)61(37)46(64)42(25(3)4)59-50(66)68-9/h12-13,15-16,20-25,29,34-37,41-42,47H,10-11,14,17-19H2,1-9H3,(H,53,57)(H,54,56)(H,58,65)(H,59,66)/t29-,34+,35-,36?,37+,41+,42?,47?/m1/s1. The Morgan fingerprint density at radius 2 is 1.49 bits per heavy atom. The van der Waals surface area contributed by atoms with Gasteiger partial charge in [-0.3, -0.25) is 9.59 Å². The van der Waals surface area contributed by atoms with E-state index in [1.54, 1.807) is 28.6 Å². The third-order valence-corrected chi connectivity index (χ3v) is 16.0. The summed E-state index contributed by atoms with van der Waals surface area (Å²) in [5, 5.41) is 6.40. The zero-order valence-corrected chi connectivity index (χ0v) is 41.8. The second-order valence-electron chi connectivity index (χ2n) is 21.0. The van der Waals surface area contributed by atoms with Crippen molar-refractivity contribution in [2.45, 2.75) is 128 Å². The molecule has 370 valence electrons. The van der Waals surface area contributed by atoms with E-state index < -0.39 is 42.4 Å². The Morgan fingerprint density at radius 1 is 0.829 bits per heavy atom. The van der Waals surface area contributed by atoms with Crippen molar-refractivity contribution in [1.82, 2.24) is 45.4 Å². The lowest BCUT2D eigenvalue weighted by Crippen LogP contribution is -2.52. The Balaban J connectivity index is 0.942. The fourth-order valence-electron chi connectivity index (χ4n) is 10.8. The highest BCUT2D eigenvalue weighted by Gasteiger charge is 2.56. The molecule has 0 radical (unpaired) electrons. The molecule has 1 saturated carbocycles. The molecule has 3 aromatic heterocycles. The van der Waals surface area contributed by atoms with Crippen molar-refractivity contribution in [3.63, 3.8) is 0 Å². The number of rotatable bonds is 11. The van der Waals surface area contributed by atoms with Gasteiger partial charge in [-0.25, -0.2) is 28.9 Å². The van der Waals surface area contributed by atoms with Crippen LogP contribution in [0.15, 0.2) is 48.9 Å². The van der Waals surface area contributed by atoms with Gasteiger partial charge in [0.2, 0.25) is 18.0 Å². The number of likely N-dealkylation sites (tertiary alicyclic amines) is 2. The maximum Gasteiger partial charge on any atom is 0.407 e. The average molecular weight is 977 g/mol. The van der Waals surface area contributed by atoms with Gasteiger partial charge in [0.15, 0.2) is 0 Å². The summed E-state index contributed by atoms with van der Waals surface area (Å²) in [7, 11) is 2.56. The molecule has 8 atom stereocenters. The van der Waals surface area contributed by atoms with Crippen molar-refractivity contribution in [3.05, 3.63) is 87.4 Å². The molecule has 3 fully saturated rings. The van der Waals surface area contributed by atoms with E-state index in [0.717, 1.165) is 51.7 Å². The number of H-pyrrole nitrogens is 2. The predicted molar refractivity (Wildman–Crippen MR) is 259 cm³/mol. The van der Waals surface area contributed by atoms with E-state index >= 15 is 4.39 Å². The van der Waals surface area contributed by atoms with Crippen LogP contribution in [-0.4, -0.2) is 97.6 Å². The molecule has 1 aliphatic carbocycles. The van der Waals surface area contributed by atoms with E-state index in [1.165, 1.54) is 20.3 Å². The van der Waals surface area contributed by atoms with E-state index in [4.69, 9.17) is 29.2 Å². The number of piperidine rings is 1. The molecule has 2 saturated heterocycles. The first-order valence-electron chi connectivity index (χ1n) is 24.2. The number of carbonyl (C=O) groups is 4. The summed E-state index contributed by atoms with van der Waals surface area (Å²) in [5.41, 5.74) is 5.05. The molecular weight excluding hydrogens is 916 g/mol. The summed E-state index contributed by atoms with van der Waals surface area (Å²) in [6, 6.07) is 7.21. The van der Waals surface area contributed by atoms with E-state index in [0.29, 0.717) is 59.5 Å². The fraction of sp³-hybridized carbons (Fsp3) is 0.510. The average Bonchev–Trinajstić information content (AvgIpc) is 4.09. The number of thiazole rings is 1. The summed E-state index contributed by atoms with van der Waals surface area (Å²) >= 11 is 1.59. The highest BCUT2D eigenvalue weighted by atomic mass is 32.1. The van der Waals surface area contributed by atoms with Gasteiger partial charge in [-0.15, -0.1) is 11.3 Å². The van der Waals surface area contributed by atoms with Gasteiger partial charge in [0, 0.05) is 35.4 Å². The molecule has 4 N–H and O–H groups in total. The molecule has 10 rings (SSSR count). The summed E-state index contributed by atoms with van der Waals surface area (Å²) in [5.74, 6) is 0.999. The highest BCUT2D eigenvalue weighted by Crippen LogP contribution is 2.56. The van der Waals surface area contributed by atoms with Crippen LogP contribution in [0.2, 0.25) is 0 Å². The van der Waals surface area contributed by atoms with Crippen molar-refractivity contribution in [1.29, 1.82) is 0 Å². The molecule has 5 aromatic rings. The highest BCUT2D eigenvalue weighted by molar-refractivity contribution is 7.11. The second kappa shape index (κ2) is 18.0. The molecular formula is C51H61FN10O7S. The van der Waals surface area contributed by atoms with Crippen LogP contribution in [0, 0.1) is 23.6 Å². The summed E-state index contributed by atoms with van der Waals surface area (Å²) in [4.78, 5) is 80.3. The van der Waals surface area contributed by atoms with Gasteiger partial charge in [-0.2, -0.15) is 0 Å². The largest absolute Gasteiger partial charge is 0.465 e. The number of aromatic nitrogens is 5. The second-order valence-corrected chi connectivity index (χ2v) is 22.0. The van der Waals surface area contributed by atoms with Crippen molar-refractivity contribution in [3.8, 4) is 28.3 Å². The van der Waals surface area contributed by atoms with Gasteiger partial charge in [0.1, 0.15) is 35.3 Å². The normalized spacial score (nSPS) is 23.1. The van der Waals surface area contributed by atoms with Crippen LogP contribution in [0.4, 0.5) is 19.7 Å². The third kappa shape index (κ3) is 8.42. The van der Waals surface area contributed by atoms with Gasteiger partial charge in [0.25, 0.3) is 0 Å². The number of aromatic amines is 2.